The number of fused-ring (bicyclic) bond motifs is 2. The number of nitrogens with two attached hydrogens (primary N) is 1. The molecule has 1 aromatic rings. The van der Waals surface area contributed by atoms with Gasteiger partial charge in [0.05, 0.1) is 23.3 Å². The van der Waals surface area contributed by atoms with E-state index in [-0.39, 0.29) is 0 Å². The maximum absolute atomic E-state index is 6.10. The second kappa shape index (κ2) is 5.58. The molecule has 0 aromatic heterocycles. The van der Waals surface area contributed by atoms with E-state index in [9.17, 15) is 0 Å². The van der Waals surface area contributed by atoms with Crippen LogP contribution in [0.4, 0.5) is 0 Å². The lowest BCUT2D eigenvalue weighted by Crippen LogP contribution is -2.58. The Morgan fingerprint density at radius 1 is 1.16 bits per heavy atom. The highest BCUT2D eigenvalue weighted by atomic mass is 35.5. The number of halogens is 2. The maximum Gasteiger partial charge on any atom is 0.0623 e. The molecule has 0 amide bonds. The topological polar surface area (TPSA) is 38.5 Å². The highest BCUT2D eigenvalue weighted by Gasteiger charge is 2.37. The van der Waals surface area contributed by atoms with Gasteiger partial charge in [0.2, 0.25) is 0 Å². The number of morpholine rings is 1. The largest absolute Gasteiger partial charge is 0.378 e. The Labute approximate surface area is 123 Å². The number of hydrogen-bond donors (Lipinski definition) is 1. The Morgan fingerprint density at radius 2 is 1.84 bits per heavy atom. The van der Waals surface area contributed by atoms with Gasteiger partial charge in [0, 0.05) is 24.7 Å². The average Bonchev–Trinajstić information content (AvgIpc) is 2.35. The molecule has 2 aliphatic rings. The fraction of sp³-hybridized carbons (Fsp3) is 0.571. The van der Waals surface area contributed by atoms with Gasteiger partial charge in [0.25, 0.3) is 0 Å². The lowest BCUT2D eigenvalue weighted by atomic mass is 9.90. The molecule has 2 N–H and O–H groups in total. The van der Waals surface area contributed by atoms with Gasteiger partial charge in [-0.05, 0) is 30.5 Å². The Bertz CT molecular complexity index is 455. The molecule has 104 valence electrons. The molecule has 2 atom stereocenters. The van der Waals surface area contributed by atoms with Crippen LogP contribution >= 0.6 is 23.2 Å². The highest BCUT2D eigenvalue weighted by molar-refractivity contribution is 6.42. The van der Waals surface area contributed by atoms with Gasteiger partial charge in [-0.25, -0.2) is 0 Å². The Morgan fingerprint density at radius 3 is 2.47 bits per heavy atom. The summed E-state index contributed by atoms with van der Waals surface area (Å²) in [7, 11) is 0. The van der Waals surface area contributed by atoms with E-state index >= 15 is 0 Å². The second-order valence-electron chi connectivity index (χ2n) is 5.50. The molecule has 0 spiro atoms. The molecule has 2 fully saturated rings. The van der Waals surface area contributed by atoms with Crippen molar-refractivity contribution >= 4 is 23.2 Å². The minimum Gasteiger partial charge on any atom is -0.378 e. The summed E-state index contributed by atoms with van der Waals surface area (Å²) in [6.45, 7) is 2.46. The van der Waals surface area contributed by atoms with Crippen LogP contribution in [0.5, 0.6) is 0 Å². The zero-order valence-corrected chi connectivity index (χ0v) is 12.2. The zero-order valence-electron chi connectivity index (χ0n) is 10.7. The normalized spacial score (nSPS) is 31.4. The first kappa shape index (κ1) is 13.7. The summed E-state index contributed by atoms with van der Waals surface area (Å²) in [4.78, 5) is 2.51. The van der Waals surface area contributed by atoms with Crippen LogP contribution in [0.3, 0.4) is 0 Å². The van der Waals surface area contributed by atoms with E-state index in [0.717, 1.165) is 32.6 Å². The van der Waals surface area contributed by atoms with Crippen molar-refractivity contribution in [2.45, 2.75) is 37.5 Å². The molecule has 2 saturated heterocycles. The smallest absolute Gasteiger partial charge is 0.0623 e. The lowest BCUT2D eigenvalue weighted by Gasteiger charge is -2.47. The summed E-state index contributed by atoms with van der Waals surface area (Å²) < 4.78 is 5.65. The molecule has 1 aromatic carbocycles. The van der Waals surface area contributed by atoms with Gasteiger partial charge in [-0.15, -0.1) is 0 Å². The Hall–Kier alpha value is -0.320. The predicted molar refractivity (Wildman–Crippen MR) is 77.6 cm³/mol. The van der Waals surface area contributed by atoms with Crippen LogP contribution < -0.4 is 5.73 Å². The number of rotatable bonds is 2. The first-order valence-electron chi connectivity index (χ1n) is 6.66. The van der Waals surface area contributed by atoms with Crippen molar-refractivity contribution in [3.63, 3.8) is 0 Å². The van der Waals surface area contributed by atoms with E-state index in [1.54, 1.807) is 0 Å². The molecular weight excluding hydrogens is 283 g/mol. The molecule has 2 bridgehead atoms. The molecule has 2 aliphatic heterocycles. The van der Waals surface area contributed by atoms with Crippen molar-refractivity contribution in [3.05, 3.63) is 33.8 Å². The highest BCUT2D eigenvalue weighted by Crippen LogP contribution is 2.30. The lowest BCUT2D eigenvalue weighted by molar-refractivity contribution is -0.0819. The SMILES string of the molecule is NC1CC2COCC(C1)N2Cc1ccc(Cl)c(Cl)c1. The first-order valence-corrected chi connectivity index (χ1v) is 7.42. The van der Waals surface area contributed by atoms with Crippen LogP contribution in [-0.4, -0.2) is 36.2 Å². The van der Waals surface area contributed by atoms with Gasteiger partial charge in [0.1, 0.15) is 0 Å². The van der Waals surface area contributed by atoms with Crippen molar-refractivity contribution in [1.82, 2.24) is 4.90 Å². The molecule has 2 heterocycles. The second-order valence-corrected chi connectivity index (χ2v) is 6.31. The third kappa shape index (κ3) is 2.91. The monoisotopic (exact) mass is 300 g/mol. The fourth-order valence-corrected chi connectivity index (χ4v) is 3.46. The van der Waals surface area contributed by atoms with Gasteiger partial charge < -0.3 is 10.5 Å². The van der Waals surface area contributed by atoms with Gasteiger partial charge in [0.15, 0.2) is 0 Å². The van der Waals surface area contributed by atoms with Gasteiger partial charge >= 0.3 is 0 Å². The molecular formula is C14H18Cl2N2O. The minimum absolute atomic E-state index is 0.309. The first-order chi connectivity index (χ1) is 9.13. The molecule has 19 heavy (non-hydrogen) atoms. The Kier molecular flexibility index (Phi) is 4.01. The molecule has 2 unspecified atom stereocenters. The third-order valence-corrected chi connectivity index (χ3v) is 4.80. The third-order valence-electron chi connectivity index (χ3n) is 4.06. The molecule has 0 saturated carbocycles. The summed E-state index contributed by atoms with van der Waals surface area (Å²) in [5, 5.41) is 1.23. The molecule has 0 aliphatic carbocycles. The maximum atomic E-state index is 6.10. The Balaban J connectivity index is 1.76. The summed E-state index contributed by atoms with van der Waals surface area (Å²) in [5.74, 6) is 0. The summed E-state index contributed by atoms with van der Waals surface area (Å²) in [5.41, 5.74) is 7.30. The van der Waals surface area contributed by atoms with E-state index in [1.807, 2.05) is 18.2 Å². The average molecular weight is 301 g/mol. The van der Waals surface area contributed by atoms with E-state index in [1.165, 1.54) is 5.56 Å². The number of piperidine rings is 1. The molecule has 5 heteroatoms. The van der Waals surface area contributed by atoms with E-state index in [4.69, 9.17) is 33.7 Å². The van der Waals surface area contributed by atoms with Crippen molar-refractivity contribution < 1.29 is 4.74 Å². The summed E-state index contributed by atoms with van der Waals surface area (Å²) in [6, 6.07) is 7.02. The standard InChI is InChI=1S/C14H18Cl2N2O/c15-13-2-1-9(3-14(13)16)6-18-11-4-10(17)5-12(18)8-19-7-11/h1-3,10-12H,4-8,17H2. The summed E-state index contributed by atoms with van der Waals surface area (Å²) >= 11 is 12.0. The molecule has 0 radical (unpaired) electrons. The number of ether oxygens (including phenoxy) is 1. The minimum atomic E-state index is 0.309. The van der Waals surface area contributed by atoms with Crippen molar-refractivity contribution in [3.8, 4) is 0 Å². The van der Waals surface area contributed by atoms with Crippen LogP contribution in [0.2, 0.25) is 10.0 Å². The fourth-order valence-electron chi connectivity index (χ4n) is 3.14. The molecule has 3 nitrogen and oxygen atoms in total. The van der Waals surface area contributed by atoms with Crippen molar-refractivity contribution in [2.75, 3.05) is 13.2 Å². The van der Waals surface area contributed by atoms with E-state index in [2.05, 4.69) is 4.90 Å². The van der Waals surface area contributed by atoms with Gasteiger partial charge in [-0.2, -0.15) is 0 Å². The number of nitrogens with zero attached hydrogens (tertiary/aromatic N) is 1. The number of benzene rings is 1. The predicted octanol–water partition coefficient (Wildman–Crippen LogP) is 2.68. The van der Waals surface area contributed by atoms with Crippen LogP contribution in [-0.2, 0) is 11.3 Å². The van der Waals surface area contributed by atoms with Crippen molar-refractivity contribution in [1.29, 1.82) is 0 Å². The van der Waals surface area contributed by atoms with Crippen LogP contribution in [0.1, 0.15) is 18.4 Å². The van der Waals surface area contributed by atoms with E-state index < -0.39 is 0 Å². The summed E-state index contributed by atoms with van der Waals surface area (Å²) in [6.07, 6.45) is 2.02. The van der Waals surface area contributed by atoms with Gasteiger partial charge in [-0.1, -0.05) is 29.3 Å². The van der Waals surface area contributed by atoms with Crippen molar-refractivity contribution in [2.24, 2.45) is 5.73 Å². The molecule has 3 rings (SSSR count). The van der Waals surface area contributed by atoms with Crippen LogP contribution in [0, 0.1) is 0 Å². The quantitative estimate of drug-likeness (QED) is 0.913. The van der Waals surface area contributed by atoms with Crippen LogP contribution in [0.25, 0.3) is 0 Å². The van der Waals surface area contributed by atoms with Crippen LogP contribution in [0.15, 0.2) is 18.2 Å². The van der Waals surface area contributed by atoms with Gasteiger partial charge in [-0.3, -0.25) is 4.90 Å². The van der Waals surface area contributed by atoms with E-state index in [0.29, 0.717) is 28.2 Å². The zero-order chi connectivity index (χ0) is 13.4. The number of hydrogen-bond acceptors (Lipinski definition) is 3.